The Bertz CT molecular complexity index is 788. The molecule has 0 saturated carbocycles. The smallest absolute Gasteiger partial charge is 0.165 e. The summed E-state index contributed by atoms with van der Waals surface area (Å²) < 4.78 is 7.49. The molecule has 7 nitrogen and oxygen atoms in total. The molecule has 0 spiro atoms. The van der Waals surface area contributed by atoms with Gasteiger partial charge >= 0.3 is 0 Å². The molecule has 1 aliphatic rings. The summed E-state index contributed by atoms with van der Waals surface area (Å²) in [6.07, 6.45) is 4.78. The zero-order chi connectivity index (χ0) is 19.1. The summed E-state index contributed by atoms with van der Waals surface area (Å²) in [5.41, 5.74) is 7.41. The molecular weight excluding hydrogens is 340 g/mol. The number of likely N-dealkylation sites (tertiary alicyclic amines) is 1. The molecule has 1 saturated heterocycles. The zero-order valence-corrected chi connectivity index (χ0v) is 15.9. The second kappa shape index (κ2) is 9.28. The highest BCUT2D eigenvalue weighted by Gasteiger charge is 2.13. The van der Waals surface area contributed by atoms with Crippen LogP contribution in [0, 0.1) is 11.3 Å². The minimum absolute atomic E-state index is 0.254. The quantitative estimate of drug-likeness (QED) is 0.696. The number of nitrogens with zero attached hydrogens (tertiary/aromatic N) is 4. The predicted molar refractivity (Wildman–Crippen MR) is 107 cm³/mol. The van der Waals surface area contributed by atoms with Crippen molar-refractivity contribution in [3.05, 3.63) is 35.4 Å². The van der Waals surface area contributed by atoms with E-state index in [-0.39, 0.29) is 5.82 Å². The van der Waals surface area contributed by atoms with Gasteiger partial charge in [0, 0.05) is 20.1 Å². The number of aromatic nitrogens is 2. The average molecular weight is 368 g/mol. The molecule has 0 radical (unpaired) electrons. The van der Waals surface area contributed by atoms with Gasteiger partial charge in [-0.05, 0) is 50.0 Å². The minimum Gasteiger partial charge on any atom is -0.494 e. The van der Waals surface area contributed by atoms with Crippen molar-refractivity contribution >= 4 is 11.6 Å². The number of aryl methyl sites for hydroxylation is 1. The molecule has 1 aromatic carbocycles. The highest BCUT2D eigenvalue weighted by Crippen LogP contribution is 2.20. The van der Waals surface area contributed by atoms with Gasteiger partial charge in [0.05, 0.1) is 6.61 Å². The van der Waals surface area contributed by atoms with Crippen molar-refractivity contribution < 1.29 is 4.74 Å². The lowest BCUT2D eigenvalue weighted by molar-refractivity contribution is 0.220. The van der Waals surface area contributed by atoms with Crippen LogP contribution in [0.1, 0.15) is 36.8 Å². The fourth-order valence-corrected chi connectivity index (χ4v) is 3.44. The maximum atomic E-state index is 9.16. The molecule has 2 heterocycles. The van der Waals surface area contributed by atoms with E-state index < -0.39 is 0 Å². The van der Waals surface area contributed by atoms with Crippen LogP contribution in [0.3, 0.4) is 0 Å². The molecular formula is C20H28N6O. The SMILES string of the molecule is Cn1nc(N)c(C#N)c1NCCCOc1cccc(CN2CCCCC2)c1. The molecule has 0 amide bonds. The van der Waals surface area contributed by atoms with Crippen LogP contribution in [0.25, 0.3) is 0 Å². The molecule has 0 bridgehead atoms. The molecule has 3 rings (SSSR count). The lowest BCUT2D eigenvalue weighted by Crippen LogP contribution is -2.29. The van der Waals surface area contributed by atoms with Gasteiger partial charge in [-0.15, -0.1) is 0 Å². The van der Waals surface area contributed by atoms with E-state index in [9.17, 15) is 0 Å². The van der Waals surface area contributed by atoms with Crippen molar-refractivity contribution in [2.75, 3.05) is 37.3 Å². The predicted octanol–water partition coefficient (Wildman–Crippen LogP) is 2.74. The Balaban J connectivity index is 1.43. The number of benzene rings is 1. The number of nitrogen functional groups attached to an aromatic ring is 1. The highest BCUT2D eigenvalue weighted by atomic mass is 16.5. The number of nitriles is 1. The van der Waals surface area contributed by atoms with Gasteiger partial charge in [0.25, 0.3) is 0 Å². The Labute approximate surface area is 160 Å². The van der Waals surface area contributed by atoms with Gasteiger partial charge in [0.15, 0.2) is 5.82 Å². The topological polar surface area (TPSA) is 92.1 Å². The second-order valence-electron chi connectivity index (χ2n) is 6.96. The van der Waals surface area contributed by atoms with E-state index >= 15 is 0 Å². The van der Waals surface area contributed by atoms with Crippen LogP contribution in [0.4, 0.5) is 11.6 Å². The fourth-order valence-electron chi connectivity index (χ4n) is 3.44. The Kier molecular flexibility index (Phi) is 6.55. The molecule has 0 atom stereocenters. The Morgan fingerprint density at radius 3 is 2.89 bits per heavy atom. The van der Waals surface area contributed by atoms with E-state index in [1.807, 2.05) is 6.07 Å². The summed E-state index contributed by atoms with van der Waals surface area (Å²) in [6.45, 7) is 4.67. The van der Waals surface area contributed by atoms with Crippen LogP contribution in [0.5, 0.6) is 5.75 Å². The van der Waals surface area contributed by atoms with Crippen molar-refractivity contribution in [2.45, 2.75) is 32.2 Å². The molecule has 3 N–H and O–H groups in total. The fraction of sp³-hybridized carbons (Fsp3) is 0.500. The summed E-state index contributed by atoms with van der Waals surface area (Å²) in [6, 6.07) is 10.5. The molecule has 0 aliphatic carbocycles. The third-order valence-corrected chi connectivity index (χ3v) is 4.82. The lowest BCUT2D eigenvalue weighted by atomic mass is 10.1. The van der Waals surface area contributed by atoms with Gasteiger partial charge in [-0.1, -0.05) is 18.6 Å². The number of piperidine rings is 1. The molecule has 2 aromatic rings. The van der Waals surface area contributed by atoms with E-state index in [0.717, 1.165) is 18.7 Å². The molecule has 1 fully saturated rings. The van der Waals surface area contributed by atoms with Crippen LogP contribution < -0.4 is 15.8 Å². The summed E-state index contributed by atoms with van der Waals surface area (Å²) in [5.74, 6) is 1.81. The van der Waals surface area contributed by atoms with Crippen molar-refractivity contribution in [1.82, 2.24) is 14.7 Å². The van der Waals surface area contributed by atoms with Crippen LogP contribution in [0.15, 0.2) is 24.3 Å². The summed E-state index contributed by atoms with van der Waals surface area (Å²) in [5, 5.41) is 16.4. The van der Waals surface area contributed by atoms with E-state index in [4.69, 9.17) is 15.7 Å². The summed E-state index contributed by atoms with van der Waals surface area (Å²) >= 11 is 0. The van der Waals surface area contributed by atoms with Crippen molar-refractivity contribution in [1.29, 1.82) is 5.26 Å². The lowest BCUT2D eigenvalue weighted by Gasteiger charge is -2.26. The Morgan fingerprint density at radius 1 is 1.30 bits per heavy atom. The second-order valence-corrected chi connectivity index (χ2v) is 6.96. The maximum absolute atomic E-state index is 9.16. The van der Waals surface area contributed by atoms with Crippen molar-refractivity contribution in [3.63, 3.8) is 0 Å². The maximum Gasteiger partial charge on any atom is 0.165 e. The molecule has 7 heteroatoms. The first kappa shape index (κ1) is 19.1. The number of hydrogen-bond donors (Lipinski definition) is 2. The van der Waals surface area contributed by atoms with Gasteiger partial charge in [-0.2, -0.15) is 10.4 Å². The monoisotopic (exact) mass is 368 g/mol. The molecule has 1 aliphatic heterocycles. The standard InChI is InChI=1S/C20H28N6O/c1-25-20(18(14-21)19(22)24-25)23-9-6-12-27-17-8-5-7-16(13-17)15-26-10-3-2-4-11-26/h5,7-8,13,23H,2-4,6,9-12,15H2,1H3,(H2,22,24). The third-order valence-electron chi connectivity index (χ3n) is 4.82. The van der Waals surface area contributed by atoms with E-state index in [1.165, 1.54) is 37.9 Å². The first-order chi connectivity index (χ1) is 13.2. The third kappa shape index (κ3) is 5.14. The molecule has 27 heavy (non-hydrogen) atoms. The van der Waals surface area contributed by atoms with Gasteiger partial charge in [0.1, 0.15) is 23.2 Å². The Hall–Kier alpha value is -2.72. The van der Waals surface area contributed by atoms with E-state index in [0.29, 0.717) is 24.5 Å². The van der Waals surface area contributed by atoms with E-state index in [1.54, 1.807) is 11.7 Å². The van der Waals surface area contributed by atoms with Crippen molar-refractivity contribution in [2.24, 2.45) is 7.05 Å². The average Bonchev–Trinajstić information content (AvgIpc) is 2.95. The number of ether oxygens (including phenoxy) is 1. The van der Waals surface area contributed by atoms with Crippen LogP contribution in [0.2, 0.25) is 0 Å². The van der Waals surface area contributed by atoms with Crippen molar-refractivity contribution in [3.8, 4) is 11.8 Å². The highest BCUT2D eigenvalue weighted by molar-refractivity contribution is 5.63. The van der Waals surface area contributed by atoms with Gasteiger partial charge in [-0.25, -0.2) is 4.68 Å². The number of hydrogen-bond acceptors (Lipinski definition) is 6. The number of nitrogens with two attached hydrogens (primary N) is 1. The number of anilines is 2. The largest absolute Gasteiger partial charge is 0.494 e. The van der Waals surface area contributed by atoms with Crippen LogP contribution in [-0.4, -0.2) is 40.9 Å². The van der Waals surface area contributed by atoms with Crippen LogP contribution in [-0.2, 0) is 13.6 Å². The molecule has 0 unspecified atom stereocenters. The Morgan fingerprint density at radius 2 is 2.11 bits per heavy atom. The summed E-state index contributed by atoms with van der Waals surface area (Å²) in [4.78, 5) is 2.51. The summed E-state index contributed by atoms with van der Waals surface area (Å²) in [7, 11) is 1.77. The normalized spacial score (nSPS) is 14.7. The van der Waals surface area contributed by atoms with Gasteiger partial charge < -0.3 is 15.8 Å². The van der Waals surface area contributed by atoms with E-state index in [2.05, 4.69) is 39.6 Å². The first-order valence-corrected chi connectivity index (χ1v) is 9.58. The molecule has 1 aromatic heterocycles. The zero-order valence-electron chi connectivity index (χ0n) is 15.9. The first-order valence-electron chi connectivity index (χ1n) is 9.58. The van der Waals surface area contributed by atoms with Crippen LogP contribution >= 0.6 is 0 Å². The molecule has 144 valence electrons. The number of nitrogens with one attached hydrogen (secondary N) is 1. The van der Waals surface area contributed by atoms with Gasteiger partial charge in [0.2, 0.25) is 0 Å². The minimum atomic E-state index is 0.254. The number of rotatable bonds is 8. The van der Waals surface area contributed by atoms with Gasteiger partial charge in [-0.3, -0.25) is 4.90 Å².